The Kier molecular flexibility index (Phi) is 6.29. The third kappa shape index (κ3) is 5.70. The minimum atomic E-state index is -1.00. The molecule has 1 aromatic rings. The Morgan fingerprint density at radius 2 is 2.26 bits per heavy atom. The van der Waals surface area contributed by atoms with E-state index in [9.17, 15) is 4.79 Å². The lowest BCUT2D eigenvalue weighted by Gasteiger charge is -2.22. The number of hydrogen-bond donors (Lipinski definition) is 2. The normalized spacial score (nSPS) is 12.4. The van der Waals surface area contributed by atoms with Gasteiger partial charge in [0.15, 0.2) is 5.69 Å². The fourth-order valence-corrected chi connectivity index (χ4v) is 1.92. The van der Waals surface area contributed by atoms with Crippen molar-refractivity contribution in [3.05, 3.63) is 23.9 Å². The van der Waals surface area contributed by atoms with Crippen molar-refractivity contribution in [3.63, 3.8) is 0 Å². The van der Waals surface area contributed by atoms with E-state index in [4.69, 9.17) is 5.11 Å². The summed E-state index contributed by atoms with van der Waals surface area (Å²) in [6.45, 7) is 6.22. The number of rotatable bonds is 8. The van der Waals surface area contributed by atoms with Crippen molar-refractivity contribution in [1.82, 2.24) is 9.88 Å². The smallest absolute Gasteiger partial charge is 0.354 e. The van der Waals surface area contributed by atoms with Crippen LogP contribution in [0.5, 0.6) is 0 Å². The van der Waals surface area contributed by atoms with Gasteiger partial charge in [0.1, 0.15) is 5.82 Å². The van der Waals surface area contributed by atoms with Gasteiger partial charge < -0.3 is 15.3 Å². The van der Waals surface area contributed by atoms with E-state index in [1.165, 1.54) is 18.9 Å². The standard InChI is InChI=1S/C14H23N3O2/c1-4-5-9-17(3)10-11(2)15-13-8-6-7-12(16-13)14(18)19/h6-8,11H,4-5,9-10H2,1-3H3,(H,15,16)(H,18,19)/t11-/m0/s1. The largest absolute Gasteiger partial charge is 0.477 e. The van der Waals surface area contributed by atoms with Crippen LogP contribution in [-0.2, 0) is 0 Å². The highest BCUT2D eigenvalue weighted by Crippen LogP contribution is 2.07. The van der Waals surface area contributed by atoms with Crippen LogP contribution in [0.1, 0.15) is 37.2 Å². The predicted octanol–water partition coefficient (Wildman–Crippen LogP) is 2.31. The van der Waals surface area contributed by atoms with Gasteiger partial charge in [-0.15, -0.1) is 0 Å². The SMILES string of the molecule is CCCCN(C)C[C@H](C)Nc1cccc(C(=O)O)n1. The van der Waals surface area contributed by atoms with Crippen LogP contribution in [0.3, 0.4) is 0 Å². The van der Waals surface area contributed by atoms with Crippen LogP contribution >= 0.6 is 0 Å². The first kappa shape index (κ1) is 15.4. The highest BCUT2D eigenvalue weighted by molar-refractivity contribution is 5.85. The first-order valence-electron chi connectivity index (χ1n) is 6.68. The van der Waals surface area contributed by atoms with Gasteiger partial charge in [0.05, 0.1) is 0 Å². The third-order valence-corrected chi connectivity index (χ3v) is 2.84. The van der Waals surface area contributed by atoms with Crippen molar-refractivity contribution < 1.29 is 9.90 Å². The maximum atomic E-state index is 10.8. The lowest BCUT2D eigenvalue weighted by molar-refractivity contribution is 0.0690. The number of aromatic nitrogens is 1. The highest BCUT2D eigenvalue weighted by atomic mass is 16.4. The monoisotopic (exact) mass is 265 g/mol. The van der Waals surface area contributed by atoms with Gasteiger partial charge >= 0.3 is 5.97 Å². The molecule has 19 heavy (non-hydrogen) atoms. The molecule has 0 aliphatic heterocycles. The van der Waals surface area contributed by atoms with E-state index < -0.39 is 5.97 Å². The summed E-state index contributed by atoms with van der Waals surface area (Å²) in [7, 11) is 2.09. The molecule has 0 amide bonds. The van der Waals surface area contributed by atoms with Crippen LogP contribution in [0.2, 0.25) is 0 Å². The second kappa shape index (κ2) is 7.74. The number of anilines is 1. The Labute approximate surface area is 114 Å². The molecule has 0 bridgehead atoms. The van der Waals surface area contributed by atoms with Gasteiger partial charge in [0.2, 0.25) is 0 Å². The van der Waals surface area contributed by atoms with E-state index in [2.05, 4.69) is 36.1 Å². The van der Waals surface area contributed by atoms with Gasteiger partial charge in [0.25, 0.3) is 0 Å². The van der Waals surface area contributed by atoms with E-state index in [1.54, 1.807) is 12.1 Å². The van der Waals surface area contributed by atoms with E-state index >= 15 is 0 Å². The molecular formula is C14H23N3O2. The van der Waals surface area contributed by atoms with Gasteiger partial charge in [0, 0.05) is 12.6 Å². The number of aromatic carboxylic acids is 1. The van der Waals surface area contributed by atoms with Crippen LogP contribution in [0.15, 0.2) is 18.2 Å². The Morgan fingerprint density at radius 1 is 1.53 bits per heavy atom. The Balaban J connectivity index is 2.49. The molecule has 0 radical (unpaired) electrons. The maximum absolute atomic E-state index is 10.8. The third-order valence-electron chi connectivity index (χ3n) is 2.84. The molecule has 0 unspecified atom stereocenters. The second-order valence-electron chi connectivity index (χ2n) is 4.87. The molecule has 106 valence electrons. The molecule has 5 heteroatoms. The topological polar surface area (TPSA) is 65.5 Å². The van der Waals surface area contributed by atoms with Crippen molar-refractivity contribution in [2.45, 2.75) is 32.7 Å². The molecule has 5 nitrogen and oxygen atoms in total. The van der Waals surface area contributed by atoms with Gasteiger partial charge in [-0.05, 0) is 39.1 Å². The lowest BCUT2D eigenvalue weighted by atomic mass is 10.2. The number of likely N-dealkylation sites (N-methyl/N-ethyl adjacent to an activating group) is 1. The second-order valence-corrected chi connectivity index (χ2v) is 4.87. The predicted molar refractivity (Wildman–Crippen MR) is 76.7 cm³/mol. The number of nitrogens with one attached hydrogen (secondary N) is 1. The number of nitrogens with zero attached hydrogens (tertiary/aromatic N) is 2. The number of hydrogen-bond acceptors (Lipinski definition) is 4. The van der Waals surface area contributed by atoms with Crippen molar-refractivity contribution in [2.24, 2.45) is 0 Å². The highest BCUT2D eigenvalue weighted by Gasteiger charge is 2.09. The minimum absolute atomic E-state index is 0.0662. The van der Waals surface area contributed by atoms with Crippen LogP contribution in [0.25, 0.3) is 0 Å². The van der Waals surface area contributed by atoms with Crippen LogP contribution in [-0.4, -0.2) is 47.1 Å². The van der Waals surface area contributed by atoms with Gasteiger partial charge in [-0.3, -0.25) is 0 Å². The Bertz CT molecular complexity index is 409. The molecule has 0 saturated heterocycles. The molecule has 1 rings (SSSR count). The molecule has 1 aromatic heterocycles. The van der Waals surface area contributed by atoms with Gasteiger partial charge in [-0.1, -0.05) is 19.4 Å². The quantitative estimate of drug-likeness (QED) is 0.755. The molecule has 2 N–H and O–H groups in total. The fourth-order valence-electron chi connectivity index (χ4n) is 1.92. The zero-order valence-corrected chi connectivity index (χ0v) is 11.9. The van der Waals surface area contributed by atoms with Gasteiger partial charge in [-0.25, -0.2) is 9.78 Å². The minimum Gasteiger partial charge on any atom is -0.477 e. The molecule has 0 aliphatic rings. The molecule has 0 aliphatic carbocycles. The summed E-state index contributed by atoms with van der Waals surface area (Å²) in [4.78, 5) is 17.2. The summed E-state index contributed by atoms with van der Waals surface area (Å²) in [5.41, 5.74) is 0.0662. The first-order chi connectivity index (χ1) is 9.02. The fraction of sp³-hybridized carbons (Fsp3) is 0.571. The summed E-state index contributed by atoms with van der Waals surface area (Å²) in [5, 5.41) is 12.1. The number of carboxylic acid groups (broad SMARTS) is 1. The first-order valence-corrected chi connectivity index (χ1v) is 6.68. The van der Waals surface area contributed by atoms with Crippen LogP contribution < -0.4 is 5.32 Å². The lowest BCUT2D eigenvalue weighted by Crippen LogP contribution is -2.33. The number of carboxylic acids is 1. The average molecular weight is 265 g/mol. The number of unbranched alkanes of at least 4 members (excludes halogenated alkanes) is 1. The van der Waals surface area contributed by atoms with Crippen molar-refractivity contribution in [3.8, 4) is 0 Å². The van der Waals surface area contributed by atoms with E-state index in [0.717, 1.165) is 13.1 Å². The van der Waals surface area contributed by atoms with E-state index in [-0.39, 0.29) is 11.7 Å². The van der Waals surface area contributed by atoms with Crippen molar-refractivity contribution >= 4 is 11.8 Å². The molecular weight excluding hydrogens is 242 g/mol. The molecule has 0 fully saturated rings. The summed E-state index contributed by atoms with van der Waals surface area (Å²) in [6.07, 6.45) is 2.38. The zero-order valence-electron chi connectivity index (χ0n) is 11.9. The molecule has 0 aromatic carbocycles. The van der Waals surface area contributed by atoms with E-state index in [0.29, 0.717) is 5.82 Å². The van der Waals surface area contributed by atoms with E-state index in [1.807, 2.05) is 0 Å². The molecule has 1 heterocycles. The maximum Gasteiger partial charge on any atom is 0.354 e. The number of carbonyl (C=O) groups is 1. The van der Waals surface area contributed by atoms with Crippen LogP contribution in [0.4, 0.5) is 5.82 Å². The summed E-state index contributed by atoms with van der Waals surface area (Å²) in [5.74, 6) is -0.396. The van der Waals surface area contributed by atoms with Crippen molar-refractivity contribution in [2.75, 3.05) is 25.5 Å². The Morgan fingerprint density at radius 3 is 2.89 bits per heavy atom. The number of pyridine rings is 1. The summed E-state index contributed by atoms with van der Waals surface area (Å²) in [6, 6.07) is 5.20. The molecule has 0 spiro atoms. The average Bonchev–Trinajstić information content (AvgIpc) is 2.36. The van der Waals surface area contributed by atoms with Crippen LogP contribution in [0, 0.1) is 0 Å². The van der Waals surface area contributed by atoms with Crippen molar-refractivity contribution in [1.29, 1.82) is 0 Å². The Hall–Kier alpha value is -1.62. The molecule has 1 atom stereocenters. The summed E-state index contributed by atoms with van der Waals surface area (Å²) < 4.78 is 0. The zero-order chi connectivity index (χ0) is 14.3. The van der Waals surface area contributed by atoms with Gasteiger partial charge in [-0.2, -0.15) is 0 Å². The summed E-state index contributed by atoms with van der Waals surface area (Å²) >= 11 is 0. The molecule has 0 saturated carbocycles.